The molecular weight excluding hydrogens is 589 g/mol. The topological polar surface area (TPSA) is 109 Å². The van der Waals surface area contributed by atoms with Gasteiger partial charge in [-0.25, -0.2) is 13.8 Å². The number of nitrogens with one attached hydrogen (secondary N) is 2. The number of anilines is 1. The Morgan fingerprint density at radius 1 is 1.09 bits per heavy atom. The van der Waals surface area contributed by atoms with Crippen molar-refractivity contribution in [1.82, 2.24) is 24.7 Å². The summed E-state index contributed by atoms with van der Waals surface area (Å²) in [6, 6.07) is 6.75. The summed E-state index contributed by atoms with van der Waals surface area (Å²) in [4.78, 5) is 46.2. The Hall–Kier alpha value is -4.10. The van der Waals surface area contributed by atoms with Gasteiger partial charge in [-0.1, -0.05) is 11.6 Å². The lowest BCUT2D eigenvalue weighted by molar-refractivity contribution is -0.133. The van der Waals surface area contributed by atoms with Crippen LogP contribution >= 0.6 is 11.6 Å². The van der Waals surface area contributed by atoms with Gasteiger partial charge in [-0.2, -0.15) is 4.39 Å². The number of carbonyl (C=O) groups is 3. The minimum atomic E-state index is -1.36. The molecule has 3 amide bonds. The molecule has 2 aliphatic heterocycles. The number of nitrogens with zero attached hydrogens (tertiary/aromatic N) is 4. The number of hydrogen-bond donors (Lipinski definition) is 2. The number of rotatable bonds is 8. The Balaban J connectivity index is 1.21. The molecule has 2 saturated heterocycles. The van der Waals surface area contributed by atoms with Crippen molar-refractivity contribution in [3.63, 3.8) is 0 Å². The van der Waals surface area contributed by atoms with E-state index in [1.807, 2.05) is 0 Å². The van der Waals surface area contributed by atoms with Gasteiger partial charge in [0.25, 0.3) is 11.8 Å². The molecule has 10 nitrogen and oxygen atoms in total. The van der Waals surface area contributed by atoms with Crippen LogP contribution in [-0.4, -0.2) is 83.2 Å². The van der Waals surface area contributed by atoms with Crippen LogP contribution in [0.3, 0.4) is 0 Å². The summed E-state index contributed by atoms with van der Waals surface area (Å²) in [6.07, 6.45) is 2.72. The van der Waals surface area contributed by atoms with Crippen LogP contribution in [0.25, 0.3) is 11.3 Å². The Kier molecular flexibility index (Phi) is 9.21. The molecule has 2 fully saturated rings. The van der Waals surface area contributed by atoms with Gasteiger partial charge < -0.3 is 29.7 Å². The molecule has 0 radical (unpaired) electrons. The molecular formula is C29H30ClF3N6O4. The molecule has 228 valence electrons. The first kappa shape index (κ1) is 30.4. The van der Waals surface area contributed by atoms with Crippen molar-refractivity contribution >= 4 is 35.0 Å². The maximum Gasteiger partial charge on any atom is 0.291 e. The van der Waals surface area contributed by atoms with Crippen LogP contribution in [0.15, 0.2) is 36.5 Å². The molecule has 5 rings (SSSR count). The highest BCUT2D eigenvalue weighted by molar-refractivity contribution is 6.34. The van der Waals surface area contributed by atoms with Crippen LogP contribution in [-0.2, 0) is 11.8 Å². The molecule has 1 atom stereocenters. The zero-order chi connectivity index (χ0) is 30.7. The van der Waals surface area contributed by atoms with Crippen LogP contribution in [0.2, 0.25) is 5.02 Å². The highest BCUT2D eigenvalue weighted by atomic mass is 35.5. The maximum atomic E-state index is 14.6. The minimum absolute atomic E-state index is 0.102. The predicted octanol–water partition coefficient (Wildman–Crippen LogP) is 3.86. The molecule has 0 spiro atoms. The largest absolute Gasteiger partial charge is 0.460 e. The van der Waals surface area contributed by atoms with Gasteiger partial charge >= 0.3 is 0 Å². The number of piperazine rings is 1. The quantitative estimate of drug-likeness (QED) is 0.397. The van der Waals surface area contributed by atoms with E-state index in [1.165, 1.54) is 42.1 Å². The Labute approximate surface area is 250 Å². The van der Waals surface area contributed by atoms with Gasteiger partial charge in [-0.3, -0.25) is 14.4 Å². The summed E-state index contributed by atoms with van der Waals surface area (Å²) in [6.45, 7) is 2.16. The van der Waals surface area contributed by atoms with Gasteiger partial charge in [-0.15, -0.1) is 0 Å². The second kappa shape index (κ2) is 13.0. The van der Waals surface area contributed by atoms with Crippen molar-refractivity contribution < 1.29 is 32.3 Å². The Morgan fingerprint density at radius 2 is 1.84 bits per heavy atom. The average molecular weight is 619 g/mol. The zero-order valence-corrected chi connectivity index (χ0v) is 24.1. The molecule has 3 aromatic rings. The number of hydrogen-bond acceptors (Lipinski definition) is 6. The Morgan fingerprint density at radius 3 is 2.51 bits per heavy atom. The molecule has 2 aliphatic rings. The van der Waals surface area contributed by atoms with Crippen molar-refractivity contribution in [2.24, 2.45) is 13.0 Å². The molecule has 1 aromatic heterocycles. The number of imidazole rings is 1. The van der Waals surface area contributed by atoms with Gasteiger partial charge in [-0.05, 0) is 55.8 Å². The summed E-state index contributed by atoms with van der Waals surface area (Å²) in [7, 11) is 1.45. The van der Waals surface area contributed by atoms with E-state index in [0.717, 1.165) is 25.6 Å². The summed E-state index contributed by atoms with van der Waals surface area (Å²) in [5, 5.41) is 6.04. The van der Waals surface area contributed by atoms with E-state index in [-0.39, 0.29) is 45.2 Å². The van der Waals surface area contributed by atoms with E-state index in [1.54, 1.807) is 9.80 Å². The van der Waals surface area contributed by atoms with Gasteiger partial charge in [0.05, 0.1) is 22.5 Å². The highest BCUT2D eigenvalue weighted by Gasteiger charge is 2.28. The zero-order valence-electron chi connectivity index (χ0n) is 23.3. The number of alkyl halides is 1. The van der Waals surface area contributed by atoms with Gasteiger partial charge in [0, 0.05) is 50.9 Å². The van der Waals surface area contributed by atoms with Crippen LogP contribution in [0.5, 0.6) is 5.75 Å². The normalized spacial score (nSPS) is 16.8. The van der Waals surface area contributed by atoms with Crippen molar-refractivity contribution in [2.45, 2.75) is 12.8 Å². The Bertz CT molecular complexity index is 1540. The molecule has 3 heterocycles. The minimum Gasteiger partial charge on any atom is -0.460 e. The van der Waals surface area contributed by atoms with Crippen LogP contribution < -0.4 is 15.4 Å². The smallest absolute Gasteiger partial charge is 0.291 e. The number of aromatic nitrogens is 2. The molecule has 0 bridgehead atoms. The second-order valence-electron chi connectivity index (χ2n) is 10.4. The molecule has 0 saturated carbocycles. The van der Waals surface area contributed by atoms with Crippen LogP contribution in [0.1, 0.15) is 33.8 Å². The lowest BCUT2D eigenvalue weighted by Crippen LogP contribution is -2.51. The first-order chi connectivity index (χ1) is 20.7. The predicted molar refractivity (Wildman–Crippen MR) is 153 cm³/mol. The first-order valence-corrected chi connectivity index (χ1v) is 14.1. The molecule has 14 heteroatoms. The fourth-order valence-corrected chi connectivity index (χ4v) is 5.58. The van der Waals surface area contributed by atoms with Gasteiger partial charge in [0.2, 0.25) is 18.6 Å². The van der Waals surface area contributed by atoms with Crippen LogP contribution in [0.4, 0.5) is 18.9 Å². The molecule has 2 N–H and O–H groups in total. The van der Waals surface area contributed by atoms with E-state index < -0.39 is 30.2 Å². The third-order valence-electron chi connectivity index (χ3n) is 7.73. The monoisotopic (exact) mass is 618 g/mol. The van der Waals surface area contributed by atoms with E-state index in [4.69, 9.17) is 11.6 Å². The SMILES string of the molecule is Cn1c(-c2ccc(OCF)c(F)c2F)cnc1C(=O)Nc1ccc(C(=O)N2CCN(C(=O)C[C@@H]3CCNC3)CC2)c(Cl)c1. The number of carbonyl (C=O) groups excluding carboxylic acids is 3. The summed E-state index contributed by atoms with van der Waals surface area (Å²) < 4.78 is 47.0. The summed E-state index contributed by atoms with van der Waals surface area (Å²) >= 11 is 6.43. The maximum absolute atomic E-state index is 14.6. The summed E-state index contributed by atoms with van der Waals surface area (Å²) in [5.74, 6) is -3.78. The number of ether oxygens (including phenoxy) is 1. The van der Waals surface area contributed by atoms with E-state index in [0.29, 0.717) is 38.5 Å². The van der Waals surface area contributed by atoms with E-state index in [2.05, 4.69) is 20.4 Å². The average Bonchev–Trinajstić information content (AvgIpc) is 3.65. The highest BCUT2D eigenvalue weighted by Crippen LogP contribution is 2.30. The molecule has 43 heavy (non-hydrogen) atoms. The van der Waals surface area contributed by atoms with Crippen molar-refractivity contribution in [1.29, 1.82) is 0 Å². The van der Waals surface area contributed by atoms with E-state index >= 15 is 0 Å². The van der Waals surface area contributed by atoms with Crippen LogP contribution in [0, 0.1) is 17.6 Å². The third kappa shape index (κ3) is 6.47. The van der Waals surface area contributed by atoms with E-state index in [9.17, 15) is 27.6 Å². The third-order valence-corrected chi connectivity index (χ3v) is 8.04. The van der Waals surface area contributed by atoms with Crippen molar-refractivity contribution in [3.05, 3.63) is 64.6 Å². The fraction of sp³-hybridized carbons (Fsp3) is 0.379. The van der Waals surface area contributed by atoms with Crippen molar-refractivity contribution in [3.8, 4) is 17.0 Å². The summed E-state index contributed by atoms with van der Waals surface area (Å²) in [5.41, 5.74) is 0.455. The lowest BCUT2D eigenvalue weighted by Gasteiger charge is -2.35. The first-order valence-electron chi connectivity index (χ1n) is 13.8. The molecule has 0 aliphatic carbocycles. The number of halogens is 4. The second-order valence-corrected chi connectivity index (χ2v) is 10.8. The van der Waals surface area contributed by atoms with Crippen molar-refractivity contribution in [2.75, 3.05) is 51.4 Å². The number of benzene rings is 2. The fourth-order valence-electron chi connectivity index (χ4n) is 5.32. The van der Waals surface area contributed by atoms with Gasteiger partial charge in [0.1, 0.15) is 0 Å². The number of amides is 3. The molecule has 2 aromatic carbocycles. The van der Waals surface area contributed by atoms with Gasteiger partial charge in [0.15, 0.2) is 17.4 Å². The lowest BCUT2D eigenvalue weighted by atomic mass is 10.0. The standard InChI is InChI=1S/C29H30ClF3N6O4/c1-37-22(20-4-5-23(43-16-31)26(33)25(20)32)15-35-27(37)28(41)36-18-2-3-19(21(30)13-18)29(42)39-10-8-38(9-11-39)24(40)12-17-6-7-34-14-17/h2-5,13,15,17,34H,6-12,14,16H2,1H3,(H,36,41)/t17-/m0/s1. The molecule has 0 unspecified atom stereocenters.